The summed E-state index contributed by atoms with van der Waals surface area (Å²) in [7, 11) is 0. The van der Waals surface area contributed by atoms with Gasteiger partial charge >= 0.3 is 0 Å². The van der Waals surface area contributed by atoms with Crippen molar-refractivity contribution in [2.24, 2.45) is 0 Å². The lowest BCUT2D eigenvalue weighted by atomic mass is 9.97. The quantitative estimate of drug-likeness (QED) is 0.205. The molecular formula is C39H23N3O2. The molecule has 0 aliphatic heterocycles. The summed E-state index contributed by atoms with van der Waals surface area (Å²) in [6.45, 7) is 0. The van der Waals surface area contributed by atoms with Gasteiger partial charge in [0.25, 0.3) is 0 Å². The molecule has 5 heteroatoms. The van der Waals surface area contributed by atoms with Gasteiger partial charge in [-0.3, -0.25) is 0 Å². The molecule has 0 unspecified atom stereocenters. The first-order valence-electron chi connectivity index (χ1n) is 24.2. The SMILES string of the molecule is [2H]c1c([2H])c([2H])c(-c2nc(-c3c([2H])c([2H])c([2H])c4c3oc3c([2H])c([2H])c([2H])c([2H])c34)nc(-c3c([2H])c([2H])c([2H])c4oc5c([2H])c([2H])c([2H])c(-c6c([2H])c([2H])c([2H])c([2H])c6[2H])c5c34)n2)c([2H])c1[2H]. The molecule has 0 fully saturated rings. The molecule has 44 heavy (non-hydrogen) atoms. The molecule has 0 saturated heterocycles. The van der Waals surface area contributed by atoms with Crippen LogP contribution >= 0.6 is 0 Å². The van der Waals surface area contributed by atoms with Gasteiger partial charge in [0, 0.05) is 32.7 Å². The van der Waals surface area contributed by atoms with Crippen LogP contribution < -0.4 is 0 Å². The first kappa shape index (κ1) is 10.9. The van der Waals surface area contributed by atoms with Gasteiger partial charge < -0.3 is 8.83 Å². The molecule has 5 nitrogen and oxygen atoms in total. The standard InChI is InChI=1S/C39H23N3O2/c1-3-12-24(13-4-1)26-17-10-22-32-34(26)35-29(19-11-23-33(35)43-32)38-40-37(25-14-5-2-6-15-25)41-39(42-38)30-20-9-18-28-27-16-7-8-21-31(27)44-36(28)30/h1-23H/i1D,2D,3D,4D,5D,6D,7D,8D,9D,10D,11D,12D,13D,14D,15D,16D,17D,18D,19D,20D,21D,22D,23D. The average Bonchev–Trinajstić information content (AvgIpc) is 3.89. The van der Waals surface area contributed by atoms with Crippen molar-refractivity contribution in [2.45, 2.75) is 0 Å². The zero-order valence-electron chi connectivity index (χ0n) is 44.7. The van der Waals surface area contributed by atoms with Crippen molar-refractivity contribution in [2.75, 3.05) is 0 Å². The molecule has 6 aromatic carbocycles. The monoisotopic (exact) mass is 588 g/mol. The minimum absolute atomic E-state index is 0.364. The Morgan fingerprint density at radius 1 is 0.386 bits per heavy atom. The molecule has 0 bridgehead atoms. The highest BCUT2D eigenvalue weighted by Gasteiger charge is 2.21. The maximum Gasteiger partial charge on any atom is 0.167 e. The van der Waals surface area contributed by atoms with E-state index < -0.39 is 223 Å². The molecule has 0 spiro atoms. The molecule has 0 saturated carbocycles. The molecule has 0 N–H and O–H groups in total. The number of rotatable bonds is 4. The second-order valence-corrected chi connectivity index (χ2v) is 9.08. The van der Waals surface area contributed by atoms with Gasteiger partial charge in [-0.25, -0.2) is 15.0 Å². The van der Waals surface area contributed by atoms with Crippen LogP contribution in [0.25, 0.3) is 89.2 Å². The second kappa shape index (κ2) is 9.75. The third-order valence-corrected chi connectivity index (χ3v) is 6.63. The van der Waals surface area contributed by atoms with Crippen molar-refractivity contribution < 1.29 is 40.4 Å². The summed E-state index contributed by atoms with van der Waals surface area (Å²) in [5.74, 6) is -2.32. The Balaban J connectivity index is 1.54. The Hall–Kier alpha value is -6.07. The van der Waals surface area contributed by atoms with Crippen LogP contribution in [0.5, 0.6) is 0 Å². The number of benzene rings is 6. The van der Waals surface area contributed by atoms with Crippen molar-refractivity contribution in [3.05, 3.63) is 139 Å². The van der Waals surface area contributed by atoms with Crippen molar-refractivity contribution in [1.82, 2.24) is 15.0 Å². The maximum absolute atomic E-state index is 9.32. The minimum Gasteiger partial charge on any atom is -0.456 e. The number of furan rings is 2. The van der Waals surface area contributed by atoms with Crippen molar-refractivity contribution in [3.8, 4) is 45.3 Å². The van der Waals surface area contributed by atoms with E-state index in [0.29, 0.717) is 0 Å². The highest BCUT2D eigenvalue weighted by atomic mass is 16.3. The summed E-state index contributed by atoms with van der Waals surface area (Å²) in [5, 5.41) is -1.75. The molecule has 206 valence electrons. The lowest BCUT2D eigenvalue weighted by Gasteiger charge is -2.10. The van der Waals surface area contributed by atoms with Crippen LogP contribution in [0.4, 0.5) is 0 Å². The van der Waals surface area contributed by atoms with E-state index in [9.17, 15) is 1.37 Å². The van der Waals surface area contributed by atoms with Gasteiger partial charge in [0.05, 0.1) is 37.1 Å². The molecule has 3 aromatic heterocycles. The Labute approximate surface area is 284 Å². The molecule has 0 aliphatic carbocycles. The topological polar surface area (TPSA) is 65.0 Å². The van der Waals surface area contributed by atoms with Crippen LogP contribution in [0, 0.1) is 0 Å². The third kappa shape index (κ3) is 3.83. The van der Waals surface area contributed by atoms with Crippen molar-refractivity contribution in [1.29, 1.82) is 0 Å². The van der Waals surface area contributed by atoms with E-state index in [1.54, 1.807) is 0 Å². The van der Waals surface area contributed by atoms with Gasteiger partial charge in [-0.15, -0.1) is 0 Å². The van der Waals surface area contributed by atoms with E-state index in [1.165, 1.54) is 0 Å². The van der Waals surface area contributed by atoms with Gasteiger partial charge in [0.15, 0.2) is 17.5 Å². The highest BCUT2D eigenvalue weighted by molar-refractivity contribution is 6.17. The molecule has 3 heterocycles. The number of fused-ring (bicyclic) bond motifs is 6. The first-order valence-corrected chi connectivity index (χ1v) is 12.7. The summed E-state index contributed by atoms with van der Waals surface area (Å²) in [6, 6.07) is -19.0. The van der Waals surface area contributed by atoms with Crippen LogP contribution in [0.15, 0.2) is 148 Å². The normalized spacial score (nSPS) is 19.0. The fourth-order valence-electron chi connectivity index (χ4n) is 4.80. The van der Waals surface area contributed by atoms with E-state index >= 15 is 0 Å². The van der Waals surface area contributed by atoms with Gasteiger partial charge in [-0.05, 0) is 35.3 Å². The van der Waals surface area contributed by atoms with Crippen LogP contribution in [0.2, 0.25) is 0 Å². The van der Waals surface area contributed by atoms with E-state index in [4.69, 9.17) is 39.0 Å². The predicted molar refractivity (Wildman–Crippen MR) is 176 cm³/mol. The molecule has 0 radical (unpaired) electrons. The molecule has 0 amide bonds. The molecular weight excluding hydrogens is 542 g/mol. The largest absolute Gasteiger partial charge is 0.456 e. The van der Waals surface area contributed by atoms with E-state index in [0.717, 1.165) is 0 Å². The van der Waals surface area contributed by atoms with Gasteiger partial charge in [0.1, 0.15) is 22.3 Å². The van der Waals surface area contributed by atoms with Crippen LogP contribution in [-0.4, -0.2) is 15.0 Å². The van der Waals surface area contributed by atoms with Gasteiger partial charge in [0.2, 0.25) is 0 Å². The van der Waals surface area contributed by atoms with Gasteiger partial charge in [-0.1, -0.05) is 115 Å². The summed E-state index contributed by atoms with van der Waals surface area (Å²) >= 11 is 0. The van der Waals surface area contributed by atoms with Gasteiger partial charge in [-0.2, -0.15) is 0 Å². The van der Waals surface area contributed by atoms with Crippen LogP contribution in [0.3, 0.4) is 0 Å². The van der Waals surface area contributed by atoms with Crippen LogP contribution in [0.1, 0.15) is 31.5 Å². The second-order valence-electron chi connectivity index (χ2n) is 9.08. The maximum atomic E-state index is 9.32. The van der Waals surface area contributed by atoms with E-state index in [1.807, 2.05) is 0 Å². The lowest BCUT2D eigenvalue weighted by molar-refractivity contribution is 0.668. The average molecular weight is 589 g/mol. The summed E-state index contributed by atoms with van der Waals surface area (Å²) in [4.78, 5) is 13.3. The molecule has 9 rings (SSSR count). The zero-order chi connectivity index (χ0) is 49.1. The Kier molecular flexibility index (Phi) is 2.41. The summed E-state index contributed by atoms with van der Waals surface area (Å²) in [5.41, 5.74) is -5.50. The Morgan fingerprint density at radius 2 is 0.909 bits per heavy atom. The van der Waals surface area contributed by atoms with Crippen molar-refractivity contribution >= 4 is 43.9 Å². The fourth-order valence-corrected chi connectivity index (χ4v) is 4.80. The number of para-hydroxylation sites is 2. The number of nitrogens with zero attached hydrogens (tertiary/aromatic N) is 3. The third-order valence-electron chi connectivity index (χ3n) is 6.63. The fraction of sp³-hybridized carbons (Fsp3) is 0. The smallest absolute Gasteiger partial charge is 0.167 e. The Bertz CT molecular complexity index is 3750. The minimum atomic E-state index is -0.907. The van der Waals surface area contributed by atoms with Crippen LogP contribution in [-0.2, 0) is 0 Å². The van der Waals surface area contributed by atoms with Crippen molar-refractivity contribution in [3.63, 3.8) is 0 Å². The molecule has 9 aromatic rings. The Morgan fingerprint density at radius 3 is 1.68 bits per heavy atom. The summed E-state index contributed by atoms with van der Waals surface area (Å²) < 4.78 is 211. The number of hydrogen-bond donors (Lipinski definition) is 0. The van der Waals surface area contributed by atoms with E-state index in [2.05, 4.69) is 15.0 Å². The van der Waals surface area contributed by atoms with E-state index in [-0.39, 0.29) is 5.39 Å². The first-order chi connectivity index (χ1) is 31.4. The summed E-state index contributed by atoms with van der Waals surface area (Å²) in [6.07, 6.45) is 0. The lowest BCUT2D eigenvalue weighted by Crippen LogP contribution is -2.00. The number of hydrogen-bond acceptors (Lipinski definition) is 5. The number of aromatic nitrogens is 3. The molecule has 0 aliphatic rings. The highest BCUT2D eigenvalue weighted by Crippen LogP contribution is 2.42. The zero-order valence-corrected chi connectivity index (χ0v) is 21.7. The predicted octanol–water partition coefficient (Wildman–Crippen LogP) is 10.3. The molecule has 0 atom stereocenters.